The molecule has 0 amide bonds. The first-order valence-electron chi connectivity index (χ1n) is 12.1. The van der Waals surface area contributed by atoms with E-state index >= 15 is 0 Å². The maximum atomic E-state index is 13.6. The average molecular weight is 520 g/mol. The molecule has 0 spiro atoms. The fourth-order valence-corrected chi connectivity index (χ4v) is 6.03. The van der Waals surface area contributed by atoms with Crippen LogP contribution in [0.3, 0.4) is 0 Å². The molecule has 2 aromatic heterocycles. The molecule has 1 aliphatic heterocycles. The number of nitrogens with one attached hydrogen (secondary N) is 1. The van der Waals surface area contributed by atoms with E-state index in [1.807, 2.05) is 18.7 Å². The van der Waals surface area contributed by atoms with Crippen LogP contribution in [0.15, 0.2) is 27.9 Å². The largest absolute Gasteiger partial charge is 0.493 e. The van der Waals surface area contributed by atoms with Gasteiger partial charge in [-0.1, -0.05) is 6.92 Å². The topological polar surface area (TPSA) is 159 Å². The highest BCUT2D eigenvalue weighted by Gasteiger charge is 2.34. The summed E-state index contributed by atoms with van der Waals surface area (Å²) in [6.07, 6.45) is 0.703. The minimum Gasteiger partial charge on any atom is -0.493 e. The van der Waals surface area contributed by atoms with E-state index in [9.17, 15) is 18.3 Å². The SMILES string of the molecule is CCCc1nc(C)c2c(=O)[nH]c(-c3cc(S(=O)(=O)N4CCN(CCO)CC4N)ccc3OCC)nn12. The molecule has 0 bridgehead atoms. The molecule has 1 atom stereocenters. The van der Waals surface area contributed by atoms with E-state index in [1.165, 1.54) is 21.0 Å². The fourth-order valence-electron chi connectivity index (χ4n) is 4.51. The van der Waals surface area contributed by atoms with Crippen molar-refractivity contribution in [3.8, 4) is 17.1 Å². The molecule has 13 heteroatoms. The van der Waals surface area contributed by atoms with Crippen molar-refractivity contribution in [2.24, 2.45) is 5.73 Å². The minimum absolute atomic E-state index is 0.0188. The Kier molecular flexibility index (Phi) is 7.76. The number of β-amino-alcohol motifs (C(OH)–C–C–N with tert-alkyl or cyclic N) is 1. The van der Waals surface area contributed by atoms with Crippen LogP contribution >= 0.6 is 0 Å². The molecule has 3 aromatic rings. The molecule has 196 valence electrons. The molecule has 1 aliphatic rings. The second-order valence-corrected chi connectivity index (χ2v) is 10.6. The van der Waals surface area contributed by atoms with Gasteiger partial charge in [-0.15, -0.1) is 5.10 Å². The van der Waals surface area contributed by atoms with Crippen molar-refractivity contribution in [2.75, 3.05) is 39.4 Å². The van der Waals surface area contributed by atoms with Gasteiger partial charge in [0.1, 0.15) is 11.6 Å². The monoisotopic (exact) mass is 519 g/mol. The van der Waals surface area contributed by atoms with Crippen molar-refractivity contribution < 1.29 is 18.3 Å². The van der Waals surface area contributed by atoms with Gasteiger partial charge >= 0.3 is 0 Å². The van der Waals surface area contributed by atoms with Gasteiger partial charge in [0.25, 0.3) is 5.56 Å². The lowest BCUT2D eigenvalue weighted by atomic mass is 10.2. The van der Waals surface area contributed by atoms with E-state index in [2.05, 4.69) is 15.1 Å². The number of aromatic amines is 1. The second-order valence-electron chi connectivity index (χ2n) is 8.72. The number of sulfonamides is 1. The highest BCUT2D eigenvalue weighted by atomic mass is 32.2. The molecule has 1 saturated heterocycles. The molecule has 12 nitrogen and oxygen atoms in total. The number of hydrogen-bond acceptors (Lipinski definition) is 9. The third kappa shape index (κ3) is 4.89. The molecule has 0 radical (unpaired) electrons. The van der Waals surface area contributed by atoms with E-state index in [4.69, 9.17) is 10.5 Å². The first kappa shape index (κ1) is 26.2. The minimum atomic E-state index is -3.95. The van der Waals surface area contributed by atoms with Crippen LogP contribution in [0.25, 0.3) is 16.9 Å². The molecular weight excluding hydrogens is 486 g/mol. The standard InChI is InChI=1S/C23H33N7O5S/c1-4-6-20-25-15(3)21-23(32)26-22(27-30(20)21)17-13-16(7-8-18(17)35-5-2)36(33,34)29-10-9-28(11-12-31)14-19(29)24/h7-8,13,19,31H,4-6,9-12,14,24H2,1-3H3,(H,26,27,32). The van der Waals surface area contributed by atoms with Crippen LogP contribution < -0.4 is 16.0 Å². The molecule has 0 aliphatic carbocycles. The van der Waals surface area contributed by atoms with Gasteiger partial charge in [0.2, 0.25) is 10.0 Å². The van der Waals surface area contributed by atoms with Crippen molar-refractivity contribution in [3.63, 3.8) is 0 Å². The number of rotatable bonds is 9. The quantitative estimate of drug-likeness (QED) is 0.362. The molecular formula is C23H33N7O5S. The van der Waals surface area contributed by atoms with Gasteiger partial charge in [0, 0.05) is 32.6 Å². The van der Waals surface area contributed by atoms with E-state index in [-0.39, 0.29) is 29.4 Å². The summed E-state index contributed by atoms with van der Waals surface area (Å²) in [4.78, 5) is 22.2. The van der Waals surface area contributed by atoms with E-state index < -0.39 is 16.2 Å². The third-order valence-corrected chi connectivity index (χ3v) is 8.12. The van der Waals surface area contributed by atoms with Crippen LogP contribution in [0.1, 0.15) is 31.8 Å². The van der Waals surface area contributed by atoms with Crippen molar-refractivity contribution in [2.45, 2.75) is 44.7 Å². The first-order chi connectivity index (χ1) is 17.2. The molecule has 1 aromatic carbocycles. The summed E-state index contributed by atoms with van der Waals surface area (Å²) in [5.74, 6) is 1.23. The van der Waals surface area contributed by atoms with Gasteiger partial charge in [0.15, 0.2) is 11.3 Å². The number of aliphatic hydroxyl groups excluding tert-OH is 1. The van der Waals surface area contributed by atoms with Gasteiger partial charge in [-0.25, -0.2) is 17.9 Å². The number of nitrogens with zero attached hydrogens (tertiary/aromatic N) is 5. The lowest BCUT2D eigenvalue weighted by molar-refractivity contribution is 0.115. The van der Waals surface area contributed by atoms with Crippen LogP contribution in [0, 0.1) is 6.92 Å². The van der Waals surface area contributed by atoms with Crippen molar-refractivity contribution in [1.82, 2.24) is 28.8 Å². The van der Waals surface area contributed by atoms with Crippen molar-refractivity contribution >= 4 is 15.5 Å². The molecule has 3 heterocycles. The highest BCUT2D eigenvalue weighted by molar-refractivity contribution is 7.89. The van der Waals surface area contributed by atoms with Gasteiger partial charge in [-0.3, -0.25) is 9.69 Å². The number of piperazine rings is 1. The lowest BCUT2D eigenvalue weighted by Crippen LogP contribution is -2.59. The summed E-state index contributed by atoms with van der Waals surface area (Å²) in [6, 6.07) is 4.49. The maximum absolute atomic E-state index is 13.6. The number of aryl methyl sites for hydroxylation is 2. The zero-order chi connectivity index (χ0) is 26.0. The number of imidazole rings is 1. The van der Waals surface area contributed by atoms with E-state index in [0.717, 1.165) is 6.42 Å². The molecule has 4 N–H and O–H groups in total. The molecule has 4 rings (SSSR count). The summed E-state index contributed by atoms with van der Waals surface area (Å²) >= 11 is 0. The predicted molar refractivity (Wildman–Crippen MR) is 134 cm³/mol. The summed E-state index contributed by atoms with van der Waals surface area (Å²) in [6.45, 7) is 7.32. The summed E-state index contributed by atoms with van der Waals surface area (Å²) < 4.78 is 35.7. The Morgan fingerprint density at radius 1 is 1.28 bits per heavy atom. The van der Waals surface area contributed by atoms with Crippen molar-refractivity contribution in [3.05, 3.63) is 40.1 Å². The highest BCUT2D eigenvalue weighted by Crippen LogP contribution is 2.32. The average Bonchev–Trinajstić information content (AvgIpc) is 3.15. The molecule has 36 heavy (non-hydrogen) atoms. The number of H-pyrrole nitrogens is 1. The predicted octanol–water partition coefficient (Wildman–Crippen LogP) is 0.328. The van der Waals surface area contributed by atoms with Gasteiger partial charge < -0.3 is 20.6 Å². The Morgan fingerprint density at radius 2 is 2.06 bits per heavy atom. The smallest absolute Gasteiger partial charge is 0.277 e. The Balaban J connectivity index is 1.80. The Hall–Kier alpha value is -2.84. The molecule has 0 saturated carbocycles. The van der Waals surface area contributed by atoms with Crippen LogP contribution in [-0.4, -0.2) is 87.9 Å². The molecule has 1 fully saturated rings. The molecule has 1 unspecified atom stereocenters. The normalized spacial score (nSPS) is 17.6. The Bertz CT molecular complexity index is 1400. The van der Waals surface area contributed by atoms with Crippen LogP contribution in [-0.2, 0) is 16.4 Å². The van der Waals surface area contributed by atoms with E-state index in [0.29, 0.717) is 61.0 Å². The summed E-state index contributed by atoms with van der Waals surface area (Å²) in [5, 5.41) is 13.8. The summed E-state index contributed by atoms with van der Waals surface area (Å²) in [7, 11) is -3.95. The van der Waals surface area contributed by atoms with Crippen molar-refractivity contribution in [1.29, 1.82) is 0 Å². The number of aromatic nitrogens is 4. The number of hydrogen-bond donors (Lipinski definition) is 3. The van der Waals surface area contributed by atoms with Crippen LogP contribution in [0.5, 0.6) is 5.75 Å². The number of fused-ring (bicyclic) bond motifs is 1. The van der Waals surface area contributed by atoms with Gasteiger partial charge in [0.05, 0.1) is 35.5 Å². The fraction of sp³-hybridized carbons (Fsp3) is 0.522. The van der Waals surface area contributed by atoms with E-state index in [1.54, 1.807) is 13.0 Å². The lowest BCUT2D eigenvalue weighted by Gasteiger charge is -2.38. The number of benzene rings is 1. The number of ether oxygens (including phenoxy) is 1. The Morgan fingerprint density at radius 3 is 2.72 bits per heavy atom. The summed E-state index contributed by atoms with van der Waals surface area (Å²) in [5.41, 5.74) is 7.12. The van der Waals surface area contributed by atoms with Gasteiger partial charge in [-0.05, 0) is 38.5 Å². The first-order valence-corrected chi connectivity index (χ1v) is 13.5. The Labute approximate surface area is 209 Å². The maximum Gasteiger partial charge on any atom is 0.277 e. The van der Waals surface area contributed by atoms with Crippen LogP contribution in [0.4, 0.5) is 0 Å². The van der Waals surface area contributed by atoms with Crippen LogP contribution in [0.2, 0.25) is 0 Å². The zero-order valence-electron chi connectivity index (χ0n) is 20.8. The second kappa shape index (κ2) is 10.6. The van der Waals surface area contributed by atoms with Gasteiger partial charge in [-0.2, -0.15) is 4.31 Å². The third-order valence-electron chi connectivity index (χ3n) is 6.20. The number of nitrogens with two attached hydrogens (primary N) is 1. The number of aliphatic hydroxyl groups is 1. The zero-order valence-corrected chi connectivity index (χ0v) is 21.6.